The molecule has 1 heterocycles. The Kier molecular flexibility index (Phi) is 4.10. The zero-order valence-electron chi connectivity index (χ0n) is 10.5. The van der Waals surface area contributed by atoms with Crippen LogP contribution in [0, 0.1) is 0 Å². The topological polar surface area (TPSA) is 91.4 Å². The number of primary amides is 1. The summed E-state index contributed by atoms with van der Waals surface area (Å²) in [5, 5.41) is 0.328. The van der Waals surface area contributed by atoms with Crippen LogP contribution in [0.25, 0.3) is 10.2 Å². The maximum atomic E-state index is 12.0. The summed E-state index contributed by atoms with van der Waals surface area (Å²) >= 11 is 6.86. The molecule has 0 radical (unpaired) electrons. The molecule has 20 heavy (non-hydrogen) atoms. The van der Waals surface area contributed by atoms with E-state index < -0.39 is 16.7 Å². The van der Waals surface area contributed by atoms with Gasteiger partial charge in [-0.25, -0.2) is 0 Å². The molecule has 1 aromatic heterocycles. The molecule has 0 saturated carbocycles. The van der Waals surface area contributed by atoms with Crippen molar-refractivity contribution in [1.29, 1.82) is 0 Å². The summed E-state index contributed by atoms with van der Waals surface area (Å²) < 4.78 is 6.39. The van der Waals surface area contributed by atoms with Crippen LogP contribution in [0.2, 0.25) is 5.02 Å². The second-order valence-electron chi connectivity index (χ2n) is 3.90. The van der Waals surface area contributed by atoms with Gasteiger partial charge in [0.05, 0.1) is 27.4 Å². The summed E-state index contributed by atoms with van der Waals surface area (Å²) in [5.41, 5.74) is 5.71. The highest BCUT2D eigenvalue weighted by atomic mass is 35.5. The van der Waals surface area contributed by atoms with Crippen molar-refractivity contribution >= 4 is 45.0 Å². The molecule has 0 spiro atoms. The van der Waals surface area contributed by atoms with Crippen LogP contribution in [0.15, 0.2) is 16.9 Å². The van der Waals surface area contributed by atoms with Crippen LogP contribution < -0.4 is 10.6 Å². The van der Waals surface area contributed by atoms with Crippen molar-refractivity contribution in [3.63, 3.8) is 0 Å². The molecular weight excluding hydrogens is 304 g/mol. The molecule has 6 nitrogen and oxygen atoms in total. The number of thiazole rings is 1. The number of esters is 1. The third-order valence-corrected chi connectivity index (χ3v) is 4.06. The number of hydrogen-bond donors (Lipinski definition) is 1. The van der Waals surface area contributed by atoms with Crippen LogP contribution in [0.4, 0.5) is 0 Å². The van der Waals surface area contributed by atoms with E-state index in [0.29, 0.717) is 9.72 Å². The zero-order valence-corrected chi connectivity index (χ0v) is 12.1. The van der Waals surface area contributed by atoms with Gasteiger partial charge >= 0.3 is 10.8 Å². The average molecular weight is 315 g/mol. The molecule has 0 atom stereocenters. The van der Waals surface area contributed by atoms with E-state index in [9.17, 15) is 14.4 Å². The molecule has 2 N–H and O–H groups in total. The number of halogens is 1. The third kappa shape index (κ3) is 2.54. The lowest BCUT2D eigenvalue weighted by Gasteiger charge is -2.06. The molecule has 8 heteroatoms. The summed E-state index contributed by atoms with van der Waals surface area (Å²) in [6.07, 6.45) is 0. The zero-order chi connectivity index (χ0) is 14.9. The van der Waals surface area contributed by atoms with Crippen molar-refractivity contribution in [3.8, 4) is 0 Å². The first kappa shape index (κ1) is 14.5. The van der Waals surface area contributed by atoms with Gasteiger partial charge in [0.15, 0.2) is 0 Å². The van der Waals surface area contributed by atoms with Crippen LogP contribution in [-0.2, 0) is 16.1 Å². The van der Waals surface area contributed by atoms with Crippen molar-refractivity contribution < 1.29 is 14.3 Å². The Bertz CT molecular complexity index is 750. The Balaban J connectivity index is 2.67. The molecule has 0 aliphatic carbocycles. The van der Waals surface area contributed by atoms with Gasteiger partial charge in [-0.2, -0.15) is 0 Å². The number of benzene rings is 1. The summed E-state index contributed by atoms with van der Waals surface area (Å²) in [4.78, 5) is 34.6. The fourth-order valence-electron chi connectivity index (χ4n) is 1.82. The van der Waals surface area contributed by atoms with Crippen molar-refractivity contribution in [1.82, 2.24) is 4.57 Å². The first-order chi connectivity index (χ1) is 9.45. The van der Waals surface area contributed by atoms with Gasteiger partial charge in [-0.1, -0.05) is 22.9 Å². The van der Waals surface area contributed by atoms with Gasteiger partial charge < -0.3 is 10.5 Å². The second-order valence-corrected chi connectivity index (χ2v) is 5.26. The second kappa shape index (κ2) is 5.64. The fourth-order valence-corrected chi connectivity index (χ4v) is 3.01. The Morgan fingerprint density at radius 2 is 2.15 bits per heavy atom. The van der Waals surface area contributed by atoms with Crippen molar-refractivity contribution in [2.45, 2.75) is 13.5 Å². The van der Waals surface area contributed by atoms with Crippen LogP contribution in [0.5, 0.6) is 0 Å². The van der Waals surface area contributed by atoms with Gasteiger partial charge in [0.1, 0.15) is 6.54 Å². The van der Waals surface area contributed by atoms with E-state index >= 15 is 0 Å². The SMILES string of the molecule is CCOC(=O)Cn1c(=O)sc2c(Cl)ccc(C(N)=O)c21. The molecule has 0 aliphatic rings. The molecule has 0 unspecified atom stereocenters. The van der Waals surface area contributed by atoms with Crippen LogP contribution >= 0.6 is 22.9 Å². The van der Waals surface area contributed by atoms with Gasteiger partial charge in [-0.05, 0) is 19.1 Å². The molecule has 0 aliphatic heterocycles. The lowest BCUT2D eigenvalue weighted by Crippen LogP contribution is -2.22. The number of ether oxygens (including phenoxy) is 1. The first-order valence-corrected chi connectivity index (χ1v) is 6.92. The minimum atomic E-state index is -0.693. The highest BCUT2D eigenvalue weighted by molar-refractivity contribution is 7.17. The molecule has 1 amide bonds. The number of nitrogens with two attached hydrogens (primary N) is 1. The maximum Gasteiger partial charge on any atom is 0.326 e. The number of carbonyl (C=O) groups excluding carboxylic acids is 2. The fraction of sp³-hybridized carbons (Fsp3) is 0.250. The number of amides is 1. The molecule has 106 valence electrons. The number of fused-ring (bicyclic) bond motifs is 1. The predicted molar refractivity (Wildman–Crippen MR) is 76.2 cm³/mol. The van der Waals surface area contributed by atoms with E-state index in [2.05, 4.69) is 0 Å². The summed E-state index contributed by atoms with van der Waals surface area (Å²) in [5.74, 6) is -1.26. The average Bonchev–Trinajstić information content (AvgIpc) is 2.68. The molecule has 2 rings (SSSR count). The van der Waals surface area contributed by atoms with Gasteiger partial charge in [-0.3, -0.25) is 19.0 Å². The number of nitrogens with zero attached hydrogens (tertiary/aromatic N) is 1. The number of carbonyl (C=O) groups is 2. The summed E-state index contributed by atoms with van der Waals surface area (Å²) in [7, 11) is 0. The Hall–Kier alpha value is -1.86. The van der Waals surface area contributed by atoms with Crippen molar-refractivity contribution in [2.75, 3.05) is 6.61 Å². The van der Waals surface area contributed by atoms with Crippen LogP contribution in [0.3, 0.4) is 0 Å². The Morgan fingerprint density at radius 1 is 1.45 bits per heavy atom. The highest BCUT2D eigenvalue weighted by Crippen LogP contribution is 2.29. The Labute approximate surface area is 122 Å². The molecular formula is C12H11ClN2O4S. The van der Waals surface area contributed by atoms with Crippen molar-refractivity contribution in [2.24, 2.45) is 5.73 Å². The van der Waals surface area contributed by atoms with Gasteiger partial charge in [0.2, 0.25) is 0 Å². The van der Waals surface area contributed by atoms with E-state index in [4.69, 9.17) is 22.1 Å². The molecule has 0 fully saturated rings. The van der Waals surface area contributed by atoms with Crippen molar-refractivity contribution in [3.05, 3.63) is 32.4 Å². The largest absolute Gasteiger partial charge is 0.465 e. The van der Waals surface area contributed by atoms with Gasteiger partial charge in [0, 0.05) is 0 Å². The quantitative estimate of drug-likeness (QED) is 0.863. The van der Waals surface area contributed by atoms with E-state index in [-0.39, 0.29) is 24.2 Å². The molecule has 0 bridgehead atoms. The smallest absolute Gasteiger partial charge is 0.326 e. The minimum absolute atomic E-state index is 0.145. The van der Waals surface area contributed by atoms with Crippen LogP contribution in [-0.4, -0.2) is 23.1 Å². The minimum Gasteiger partial charge on any atom is -0.465 e. The normalized spacial score (nSPS) is 10.7. The number of rotatable bonds is 4. The first-order valence-electron chi connectivity index (χ1n) is 5.73. The lowest BCUT2D eigenvalue weighted by molar-refractivity contribution is -0.143. The Morgan fingerprint density at radius 3 is 2.75 bits per heavy atom. The predicted octanol–water partition coefficient (Wildman–Crippen LogP) is 1.38. The number of hydrogen-bond acceptors (Lipinski definition) is 5. The highest BCUT2D eigenvalue weighted by Gasteiger charge is 2.19. The van der Waals surface area contributed by atoms with E-state index in [1.54, 1.807) is 6.92 Å². The molecule has 2 aromatic rings. The lowest BCUT2D eigenvalue weighted by atomic mass is 10.2. The summed E-state index contributed by atoms with van der Waals surface area (Å²) in [6, 6.07) is 2.93. The molecule has 0 saturated heterocycles. The van der Waals surface area contributed by atoms with E-state index in [1.807, 2.05) is 0 Å². The van der Waals surface area contributed by atoms with Gasteiger partial charge in [-0.15, -0.1) is 0 Å². The number of aromatic nitrogens is 1. The standard InChI is InChI=1S/C12H11ClN2O4S/c1-2-19-8(16)5-15-9-6(11(14)17)3-4-7(13)10(9)20-12(15)18/h3-4H,2,5H2,1H3,(H2,14,17). The van der Waals surface area contributed by atoms with E-state index in [1.165, 1.54) is 12.1 Å². The van der Waals surface area contributed by atoms with Gasteiger partial charge in [0.25, 0.3) is 5.91 Å². The summed E-state index contributed by atoms with van der Waals surface area (Å²) in [6.45, 7) is 1.59. The molecule has 1 aromatic carbocycles. The third-order valence-electron chi connectivity index (χ3n) is 2.62. The van der Waals surface area contributed by atoms with Crippen LogP contribution in [0.1, 0.15) is 17.3 Å². The monoisotopic (exact) mass is 314 g/mol. The van der Waals surface area contributed by atoms with E-state index in [0.717, 1.165) is 15.9 Å². The maximum absolute atomic E-state index is 12.0.